The number of rotatable bonds is 3. The SMILES string of the molecule is NC1CCC(OCc2ccc(F)c(Br)c2)C1. The molecule has 16 heavy (non-hydrogen) atoms. The quantitative estimate of drug-likeness (QED) is 0.928. The molecule has 0 aliphatic heterocycles. The first-order chi connectivity index (χ1) is 7.65. The first kappa shape index (κ1) is 12.0. The molecule has 2 nitrogen and oxygen atoms in total. The molecule has 2 N–H and O–H groups in total. The van der Waals surface area contributed by atoms with E-state index in [4.69, 9.17) is 10.5 Å². The molecule has 2 rings (SSSR count). The van der Waals surface area contributed by atoms with Crippen molar-refractivity contribution in [2.45, 2.75) is 38.0 Å². The van der Waals surface area contributed by atoms with Gasteiger partial charge >= 0.3 is 0 Å². The summed E-state index contributed by atoms with van der Waals surface area (Å²) in [7, 11) is 0. The minimum Gasteiger partial charge on any atom is -0.373 e. The highest BCUT2D eigenvalue weighted by molar-refractivity contribution is 9.10. The Morgan fingerprint density at radius 1 is 1.44 bits per heavy atom. The fourth-order valence-corrected chi connectivity index (χ4v) is 2.39. The summed E-state index contributed by atoms with van der Waals surface area (Å²) in [6.07, 6.45) is 3.27. The molecule has 0 saturated heterocycles. The third-order valence-electron chi connectivity index (χ3n) is 2.89. The summed E-state index contributed by atoms with van der Waals surface area (Å²) >= 11 is 3.16. The summed E-state index contributed by atoms with van der Waals surface area (Å²) in [6, 6.07) is 5.23. The van der Waals surface area contributed by atoms with E-state index in [1.54, 1.807) is 12.1 Å². The fourth-order valence-electron chi connectivity index (χ4n) is 1.97. The van der Waals surface area contributed by atoms with Crippen LogP contribution in [0.2, 0.25) is 0 Å². The first-order valence-electron chi connectivity index (χ1n) is 5.46. The molecule has 88 valence electrons. The van der Waals surface area contributed by atoms with E-state index in [0.29, 0.717) is 11.1 Å². The van der Waals surface area contributed by atoms with Gasteiger partial charge in [-0.05, 0) is 52.9 Å². The van der Waals surface area contributed by atoms with Crippen molar-refractivity contribution in [3.63, 3.8) is 0 Å². The molecule has 0 amide bonds. The average Bonchev–Trinajstić information content (AvgIpc) is 2.66. The van der Waals surface area contributed by atoms with E-state index < -0.39 is 0 Å². The zero-order chi connectivity index (χ0) is 11.5. The summed E-state index contributed by atoms with van der Waals surface area (Å²) in [6.45, 7) is 0.524. The lowest BCUT2D eigenvalue weighted by atomic mass is 10.2. The molecule has 0 aromatic heterocycles. The van der Waals surface area contributed by atoms with Crippen LogP contribution in [0.1, 0.15) is 24.8 Å². The monoisotopic (exact) mass is 287 g/mol. The Hall–Kier alpha value is -0.450. The van der Waals surface area contributed by atoms with Crippen molar-refractivity contribution < 1.29 is 9.13 Å². The molecular weight excluding hydrogens is 273 g/mol. The smallest absolute Gasteiger partial charge is 0.137 e. The van der Waals surface area contributed by atoms with Crippen LogP contribution in [0.4, 0.5) is 4.39 Å². The predicted molar refractivity (Wildman–Crippen MR) is 64.5 cm³/mol. The van der Waals surface area contributed by atoms with Crippen molar-refractivity contribution in [3.8, 4) is 0 Å². The molecule has 2 atom stereocenters. The highest BCUT2D eigenvalue weighted by Crippen LogP contribution is 2.23. The van der Waals surface area contributed by atoms with Gasteiger partial charge in [0.25, 0.3) is 0 Å². The lowest BCUT2D eigenvalue weighted by molar-refractivity contribution is 0.0448. The van der Waals surface area contributed by atoms with Crippen molar-refractivity contribution in [3.05, 3.63) is 34.1 Å². The van der Waals surface area contributed by atoms with E-state index in [2.05, 4.69) is 15.9 Å². The Balaban J connectivity index is 1.87. The van der Waals surface area contributed by atoms with E-state index in [0.717, 1.165) is 24.8 Å². The number of hydrogen-bond donors (Lipinski definition) is 1. The fraction of sp³-hybridized carbons (Fsp3) is 0.500. The molecule has 1 aromatic carbocycles. The zero-order valence-electron chi connectivity index (χ0n) is 8.96. The molecule has 0 radical (unpaired) electrons. The minimum absolute atomic E-state index is 0.244. The lowest BCUT2D eigenvalue weighted by Crippen LogP contribution is -2.17. The van der Waals surface area contributed by atoms with Gasteiger partial charge in [-0.15, -0.1) is 0 Å². The van der Waals surface area contributed by atoms with Gasteiger partial charge in [0.2, 0.25) is 0 Å². The van der Waals surface area contributed by atoms with Crippen molar-refractivity contribution in [1.82, 2.24) is 0 Å². The van der Waals surface area contributed by atoms with Gasteiger partial charge in [0, 0.05) is 6.04 Å². The maximum Gasteiger partial charge on any atom is 0.137 e. The van der Waals surface area contributed by atoms with Gasteiger partial charge in [0.15, 0.2) is 0 Å². The van der Waals surface area contributed by atoms with E-state index in [9.17, 15) is 4.39 Å². The molecule has 2 unspecified atom stereocenters. The van der Waals surface area contributed by atoms with Crippen LogP contribution in [-0.2, 0) is 11.3 Å². The van der Waals surface area contributed by atoms with Crippen molar-refractivity contribution >= 4 is 15.9 Å². The molecular formula is C12H15BrFNO. The second-order valence-corrected chi connectivity index (χ2v) is 5.11. The predicted octanol–water partition coefficient (Wildman–Crippen LogP) is 2.98. The van der Waals surface area contributed by atoms with E-state index >= 15 is 0 Å². The van der Waals surface area contributed by atoms with Crippen molar-refractivity contribution in [2.75, 3.05) is 0 Å². The Morgan fingerprint density at radius 2 is 2.25 bits per heavy atom. The second kappa shape index (κ2) is 5.25. The van der Waals surface area contributed by atoms with Crippen LogP contribution < -0.4 is 5.73 Å². The largest absolute Gasteiger partial charge is 0.373 e. The molecule has 1 fully saturated rings. The third-order valence-corrected chi connectivity index (χ3v) is 3.50. The van der Waals surface area contributed by atoms with Crippen LogP contribution in [-0.4, -0.2) is 12.1 Å². The Morgan fingerprint density at radius 3 is 2.88 bits per heavy atom. The summed E-state index contributed by atoms with van der Waals surface area (Å²) in [5, 5.41) is 0. The number of benzene rings is 1. The summed E-state index contributed by atoms with van der Waals surface area (Å²) in [5.74, 6) is -0.244. The average molecular weight is 288 g/mol. The van der Waals surface area contributed by atoms with Gasteiger partial charge in [-0.1, -0.05) is 6.07 Å². The van der Waals surface area contributed by atoms with E-state index in [1.807, 2.05) is 0 Å². The van der Waals surface area contributed by atoms with Gasteiger partial charge in [-0.25, -0.2) is 4.39 Å². The highest BCUT2D eigenvalue weighted by atomic mass is 79.9. The summed E-state index contributed by atoms with van der Waals surface area (Å²) in [5.41, 5.74) is 6.78. The number of nitrogens with two attached hydrogens (primary N) is 1. The van der Waals surface area contributed by atoms with E-state index in [-0.39, 0.29) is 18.0 Å². The van der Waals surface area contributed by atoms with Gasteiger partial charge in [0.1, 0.15) is 5.82 Å². The second-order valence-electron chi connectivity index (χ2n) is 4.25. The van der Waals surface area contributed by atoms with Crippen LogP contribution in [0, 0.1) is 5.82 Å². The normalized spacial score (nSPS) is 24.9. The number of hydrogen-bond acceptors (Lipinski definition) is 2. The highest BCUT2D eigenvalue weighted by Gasteiger charge is 2.22. The Bertz CT molecular complexity index is 372. The van der Waals surface area contributed by atoms with Crippen LogP contribution in [0.3, 0.4) is 0 Å². The van der Waals surface area contributed by atoms with Crippen molar-refractivity contribution in [2.24, 2.45) is 5.73 Å². The molecule has 1 aromatic rings. The molecule has 0 heterocycles. The van der Waals surface area contributed by atoms with Gasteiger partial charge in [-0.2, -0.15) is 0 Å². The van der Waals surface area contributed by atoms with Gasteiger partial charge < -0.3 is 10.5 Å². The van der Waals surface area contributed by atoms with Crippen LogP contribution in [0.5, 0.6) is 0 Å². The van der Waals surface area contributed by atoms with Gasteiger partial charge in [0.05, 0.1) is 17.2 Å². The van der Waals surface area contributed by atoms with E-state index in [1.165, 1.54) is 6.07 Å². The van der Waals surface area contributed by atoms with Crippen LogP contribution in [0.25, 0.3) is 0 Å². The first-order valence-corrected chi connectivity index (χ1v) is 6.25. The molecule has 4 heteroatoms. The number of halogens is 2. The Labute approximate surface area is 103 Å². The van der Waals surface area contributed by atoms with Gasteiger partial charge in [-0.3, -0.25) is 0 Å². The minimum atomic E-state index is -0.244. The number of ether oxygens (including phenoxy) is 1. The molecule has 0 spiro atoms. The molecule has 1 aliphatic carbocycles. The zero-order valence-corrected chi connectivity index (χ0v) is 10.5. The summed E-state index contributed by atoms with van der Waals surface area (Å²) in [4.78, 5) is 0. The molecule has 1 aliphatic rings. The third kappa shape index (κ3) is 3.03. The summed E-state index contributed by atoms with van der Waals surface area (Å²) < 4.78 is 19.2. The maximum absolute atomic E-state index is 13.0. The van der Waals surface area contributed by atoms with Crippen molar-refractivity contribution in [1.29, 1.82) is 0 Å². The maximum atomic E-state index is 13.0. The lowest BCUT2D eigenvalue weighted by Gasteiger charge is -2.11. The topological polar surface area (TPSA) is 35.2 Å². The van der Waals surface area contributed by atoms with Crippen LogP contribution >= 0.6 is 15.9 Å². The molecule has 1 saturated carbocycles. The molecule has 0 bridgehead atoms. The van der Waals surface area contributed by atoms with Crippen LogP contribution in [0.15, 0.2) is 22.7 Å². The Kier molecular flexibility index (Phi) is 3.95. The standard InChI is InChI=1S/C12H15BrFNO/c13-11-5-8(1-4-12(11)14)7-16-10-3-2-9(15)6-10/h1,4-5,9-10H,2-3,6-7,15H2.